The molecule has 4 heteroatoms. The Balaban J connectivity index is 1.63. The zero-order valence-electron chi connectivity index (χ0n) is 11.2. The maximum Gasteiger partial charge on any atom is 0.0815 e. The zero-order chi connectivity index (χ0) is 13.3. The second kappa shape index (κ2) is 5.12. The first kappa shape index (κ1) is 12.9. The third-order valence-corrected chi connectivity index (χ3v) is 4.35. The number of rotatable bonds is 3. The normalized spacial score (nSPS) is 25.2. The van der Waals surface area contributed by atoms with Gasteiger partial charge in [0.2, 0.25) is 0 Å². The van der Waals surface area contributed by atoms with Crippen LogP contribution in [0.25, 0.3) is 0 Å². The zero-order valence-corrected chi connectivity index (χ0v) is 11.2. The minimum atomic E-state index is -0.602. The lowest BCUT2D eigenvalue weighted by Gasteiger charge is -2.33. The molecular weight excluding hydrogens is 240 g/mol. The van der Waals surface area contributed by atoms with Gasteiger partial charge in [0.1, 0.15) is 0 Å². The molecule has 0 radical (unpaired) electrons. The van der Waals surface area contributed by atoms with Crippen LogP contribution < -0.4 is 11.1 Å². The van der Waals surface area contributed by atoms with Gasteiger partial charge in [0.25, 0.3) is 0 Å². The standard InChI is InChI=1S/C15H22N2O2/c16-12-2-3-13-11(9-12)1-4-14(13)17-10-15(18)5-7-19-8-6-15/h2-3,9,14,17-18H,1,4-8,10,16H2. The maximum atomic E-state index is 10.5. The summed E-state index contributed by atoms with van der Waals surface area (Å²) < 4.78 is 5.30. The Morgan fingerprint density at radius 2 is 2.16 bits per heavy atom. The van der Waals surface area contributed by atoms with Crippen LogP contribution in [0.1, 0.15) is 36.4 Å². The van der Waals surface area contributed by atoms with Crippen molar-refractivity contribution in [3.8, 4) is 0 Å². The van der Waals surface area contributed by atoms with E-state index in [-0.39, 0.29) is 0 Å². The van der Waals surface area contributed by atoms with Gasteiger partial charge in [0, 0.05) is 44.3 Å². The molecule has 0 amide bonds. The SMILES string of the molecule is Nc1ccc2c(c1)CCC2NCC1(O)CCOCC1. The molecule has 1 saturated heterocycles. The van der Waals surface area contributed by atoms with E-state index in [4.69, 9.17) is 10.5 Å². The molecule has 0 bridgehead atoms. The Morgan fingerprint density at radius 1 is 1.37 bits per heavy atom. The summed E-state index contributed by atoms with van der Waals surface area (Å²) in [7, 11) is 0. The molecule has 1 unspecified atom stereocenters. The van der Waals surface area contributed by atoms with E-state index in [1.807, 2.05) is 6.07 Å². The molecule has 0 spiro atoms. The van der Waals surface area contributed by atoms with Crippen molar-refractivity contribution in [1.82, 2.24) is 5.32 Å². The van der Waals surface area contributed by atoms with E-state index in [0.717, 1.165) is 31.4 Å². The van der Waals surface area contributed by atoms with Crippen molar-refractivity contribution in [2.75, 3.05) is 25.5 Å². The summed E-state index contributed by atoms with van der Waals surface area (Å²) in [5.41, 5.74) is 8.73. The maximum absolute atomic E-state index is 10.5. The summed E-state index contributed by atoms with van der Waals surface area (Å²) in [6.45, 7) is 1.97. The van der Waals surface area contributed by atoms with Crippen LogP contribution in [0.2, 0.25) is 0 Å². The molecule has 1 aromatic rings. The van der Waals surface area contributed by atoms with Crippen LogP contribution in [0.4, 0.5) is 5.69 Å². The Kier molecular flexibility index (Phi) is 3.48. The number of hydrogen-bond donors (Lipinski definition) is 3. The molecule has 4 nitrogen and oxygen atoms in total. The molecule has 4 N–H and O–H groups in total. The number of nitrogen functional groups attached to an aromatic ring is 1. The smallest absolute Gasteiger partial charge is 0.0815 e. The molecule has 2 aliphatic rings. The molecule has 1 aromatic carbocycles. The molecule has 1 heterocycles. The molecule has 19 heavy (non-hydrogen) atoms. The van der Waals surface area contributed by atoms with Gasteiger partial charge in [-0.25, -0.2) is 0 Å². The van der Waals surface area contributed by atoms with Crippen molar-refractivity contribution < 1.29 is 9.84 Å². The van der Waals surface area contributed by atoms with Crippen LogP contribution in [-0.2, 0) is 11.2 Å². The average molecular weight is 262 g/mol. The fourth-order valence-corrected chi connectivity index (χ4v) is 3.09. The molecule has 1 fully saturated rings. The van der Waals surface area contributed by atoms with Crippen molar-refractivity contribution in [2.24, 2.45) is 0 Å². The van der Waals surface area contributed by atoms with Gasteiger partial charge in [-0.05, 0) is 36.1 Å². The highest BCUT2D eigenvalue weighted by Crippen LogP contribution is 2.33. The first-order valence-electron chi connectivity index (χ1n) is 7.08. The Bertz CT molecular complexity index is 455. The Morgan fingerprint density at radius 3 is 2.95 bits per heavy atom. The van der Waals surface area contributed by atoms with Crippen molar-refractivity contribution >= 4 is 5.69 Å². The minimum Gasteiger partial charge on any atom is -0.399 e. The first-order chi connectivity index (χ1) is 9.16. The highest BCUT2D eigenvalue weighted by atomic mass is 16.5. The van der Waals surface area contributed by atoms with Gasteiger partial charge in [-0.15, -0.1) is 0 Å². The van der Waals surface area contributed by atoms with Gasteiger partial charge in [-0.1, -0.05) is 6.07 Å². The van der Waals surface area contributed by atoms with Crippen LogP contribution in [0.3, 0.4) is 0 Å². The van der Waals surface area contributed by atoms with E-state index in [0.29, 0.717) is 25.8 Å². The summed E-state index contributed by atoms with van der Waals surface area (Å²) in [5, 5.41) is 14.0. The largest absolute Gasteiger partial charge is 0.399 e. The fraction of sp³-hybridized carbons (Fsp3) is 0.600. The number of ether oxygens (including phenoxy) is 1. The molecule has 1 atom stereocenters. The predicted octanol–water partition coefficient (Wildman–Crippen LogP) is 1.39. The number of anilines is 1. The minimum absolute atomic E-state index is 0.350. The third-order valence-electron chi connectivity index (χ3n) is 4.35. The molecule has 1 aliphatic heterocycles. The van der Waals surface area contributed by atoms with E-state index in [1.165, 1.54) is 11.1 Å². The second-order valence-corrected chi connectivity index (χ2v) is 5.77. The number of aryl methyl sites for hydroxylation is 1. The number of benzene rings is 1. The van der Waals surface area contributed by atoms with Crippen LogP contribution in [-0.4, -0.2) is 30.5 Å². The summed E-state index contributed by atoms with van der Waals surface area (Å²) in [6.07, 6.45) is 3.60. The van der Waals surface area contributed by atoms with Crippen LogP contribution in [0.15, 0.2) is 18.2 Å². The lowest BCUT2D eigenvalue weighted by molar-refractivity contribution is -0.0628. The molecular formula is C15H22N2O2. The quantitative estimate of drug-likeness (QED) is 0.720. The van der Waals surface area contributed by atoms with Crippen molar-refractivity contribution in [3.63, 3.8) is 0 Å². The average Bonchev–Trinajstić information content (AvgIpc) is 2.79. The van der Waals surface area contributed by atoms with Crippen molar-refractivity contribution in [3.05, 3.63) is 29.3 Å². The Hall–Kier alpha value is -1.10. The summed E-state index contributed by atoms with van der Waals surface area (Å²) in [6, 6.07) is 6.49. The van der Waals surface area contributed by atoms with Crippen LogP contribution >= 0.6 is 0 Å². The van der Waals surface area contributed by atoms with Gasteiger partial charge >= 0.3 is 0 Å². The van der Waals surface area contributed by atoms with E-state index < -0.39 is 5.60 Å². The van der Waals surface area contributed by atoms with E-state index in [9.17, 15) is 5.11 Å². The van der Waals surface area contributed by atoms with Gasteiger partial charge in [-0.2, -0.15) is 0 Å². The van der Waals surface area contributed by atoms with Crippen LogP contribution in [0, 0.1) is 0 Å². The monoisotopic (exact) mass is 262 g/mol. The first-order valence-corrected chi connectivity index (χ1v) is 7.08. The number of nitrogens with one attached hydrogen (secondary N) is 1. The number of fused-ring (bicyclic) bond motifs is 1. The lowest BCUT2D eigenvalue weighted by atomic mass is 9.94. The second-order valence-electron chi connectivity index (χ2n) is 5.77. The van der Waals surface area contributed by atoms with Gasteiger partial charge in [-0.3, -0.25) is 0 Å². The number of aliphatic hydroxyl groups is 1. The van der Waals surface area contributed by atoms with E-state index >= 15 is 0 Å². The van der Waals surface area contributed by atoms with Gasteiger partial charge in [0.05, 0.1) is 5.60 Å². The summed E-state index contributed by atoms with van der Waals surface area (Å²) in [4.78, 5) is 0. The summed E-state index contributed by atoms with van der Waals surface area (Å²) in [5.74, 6) is 0. The van der Waals surface area contributed by atoms with Crippen LogP contribution in [0.5, 0.6) is 0 Å². The number of nitrogens with two attached hydrogens (primary N) is 1. The highest BCUT2D eigenvalue weighted by molar-refractivity contribution is 5.47. The molecule has 0 saturated carbocycles. The molecule has 104 valence electrons. The predicted molar refractivity (Wildman–Crippen MR) is 74.9 cm³/mol. The van der Waals surface area contributed by atoms with E-state index in [1.54, 1.807) is 0 Å². The molecule has 1 aliphatic carbocycles. The van der Waals surface area contributed by atoms with E-state index in [2.05, 4.69) is 17.4 Å². The lowest BCUT2D eigenvalue weighted by Crippen LogP contribution is -2.45. The number of hydrogen-bond acceptors (Lipinski definition) is 4. The summed E-state index contributed by atoms with van der Waals surface area (Å²) >= 11 is 0. The molecule has 3 rings (SSSR count). The molecule has 0 aromatic heterocycles. The third kappa shape index (κ3) is 2.76. The van der Waals surface area contributed by atoms with Crippen molar-refractivity contribution in [2.45, 2.75) is 37.3 Å². The highest BCUT2D eigenvalue weighted by Gasteiger charge is 2.31. The Labute approximate surface area is 114 Å². The van der Waals surface area contributed by atoms with Gasteiger partial charge in [0.15, 0.2) is 0 Å². The van der Waals surface area contributed by atoms with Crippen molar-refractivity contribution in [1.29, 1.82) is 0 Å². The van der Waals surface area contributed by atoms with Gasteiger partial charge < -0.3 is 20.9 Å². The fourth-order valence-electron chi connectivity index (χ4n) is 3.09. The topological polar surface area (TPSA) is 67.5 Å².